The van der Waals surface area contributed by atoms with Gasteiger partial charge in [0.2, 0.25) is 5.89 Å². The number of nitrogens with one attached hydrogen (secondary N) is 1. The van der Waals surface area contributed by atoms with Gasteiger partial charge in [-0.15, -0.1) is 0 Å². The fourth-order valence-corrected chi connectivity index (χ4v) is 2.53. The predicted octanol–water partition coefficient (Wildman–Crippen LogP) is 1.84. The van der Waals surface area contributed by atoms with Crippen molar-refractivity contribution in [3.8, 4) is 0 Å². The molecule has 108 valence electrons. The second-order valence-electron chi connectivity index (χ2n) is 5.67. The van der Waals surface area contributed by atoms with E-state index in [9.17, 15) is 0 Å². The third-order valence-electron chi connectivity index (χ3n) is 3.85. The molecule has 0 amide bonds. The number of nitrogens with zero attached hydrogens (tertiary/aromatic N) is 3. The van der Waals surface area contributed by atoms with Gasteiger partial charge in [0.05, 0.1) is 6.54 Å². The van der Waals surface area contributed by atoms with Gasteiger partial charge in [-0.3, -0.25) is 4.90 Å². The Morgan fingerprint density at radius 3 is 2.68 bits per heavy atom. The topological polar surface area (TPSA) is 54.2 Å². The average Bonchev–Trinajstić information content (AvgIpc) is 2.87. The summed E-state index contributed by atoms with van der Waals surface area (Å²) >= 11 is 0. The lowest BCUT2D eigenvalue weighted by Crippen LogP contribution is -2.39. The third kappa shape index (κ3) is 4.28. The zero-order chi connectivity index (χ0) is 13.7. The highest BCUT2D eigenvalue weighted by Gasteiger charge is 2.20. The van der Waals surface area contributed by atoms with Crippen LogP contribution >= 0.6 is 0 Å². The molecule has 0 saturated carbocycles. The molecule has 1 aromatic rings. The van der Waals surface area contributed by atoms with Crippen LogP contribution in [0.5, 0.6) is 0 Å². The Kier molecular flexibility index (Phi) is 5.34. The fraction of sp³-hybridized carbons (Fsp3) is 0.857. The van der Waals surface area contributed by atoms with E-state index in [2.05, 4.69) is 34.2 Å². The Morgan fingerprint density at radius 1 is 1.37 bits per heavy atom. The Morgan fingerprint density at radius 2 is 2.11 bits per heavy atom. The summed E-state index contributed by atoms with van der Waals surface area (Å²) < 4.78 is 5.31. The van der Waals surface area contributed by atoms with Gasteiger partial charge in [-0.05, 0) is 45.7 Å². The van der Waals surface area contributed by atoms with E-state index in [1.54, 1.807) is 0 Å². The van der Waals surface area contributed by atoms with Crippen molar-refractivity contribution in [2.45, 2.75) is 52.6 Å². The predicted molar refractivity (Wildman–Crippen MR) is 74.8 cm³/mol. The smallest absolute Gasteiger partial charge is 0.240 e. The van der Waals surface area contributed by atoms with Crippen LogP contribution in [0.3, 0.4) is 0 Å². The number of rotatable bonds is 6. The van der Waals surface area contributed by atoms with E-state index in [-0.39, 0.29) is 0 Å². The number of hydrogen-bond acceptors (Lipinski definition) is 5. The van der Waals surface area contributed by atoms with Crippen molar-refractivity contribution in [2.75, 3.05) is 19.6 Å². The molecule has 0 spiro atoms. The van der Waals surface area contributed by atoms with Crippen molar-refractivity contribution >= 4 is 0 Å². The van der Waals surface area contributed by atoms with Gasteiger partial charge in [0.15, 0.2) is 5.82 Å². The Hall–Kier alpha value is -0.940. The van der Waals surface area contributed by atoms with Crippen molar-refractivity contribution in [3.63, 3.8) is 0 Å². The van der Waals surface area contributed by atoms with Gasteiger partial charge in [0.25, 0.3) is 0 Å². The molecule has 1 aromatic heterocycles. The maximum absolute atomic E-state index is 5.31. The lowest BCUT2D eigenvalue weighted by atomic mass is 9.97. The SMILES string of the molecule is CCc1noc(CN(CC2CCNCC2)C(C)C)n1. The molecule has 0 aromatic carbocycles. The van der Waals surface area contributed by atoms with Gasteiger partial charge < -0.3 is 9.84 Å². The Labute approximate surface area is 115 Å². The maximum Gasteiger partial charge on any atom is 0.240 e. The third-order valence-corrected chi connectivity index (χ3v) is 3.85. The average molecular weight is 266 g/mol. The molecule has 2 rings (SSSR count). The van der Waals surface area contributed by atoms with Crippen LogP contribution < -0.4 is 5.32 Å². The largest absolute Gasteiger partial charge is 0.338 e. The van der Waals surface area contributed by atoms with Crippen molar-refractivity contribution < 1.29 is 4.52 Å². The number of hydrogen-bond donors (Lipinski definition) is 1. The second kappa shape index (κ2) is 7.01. The molecule has 1 aliphatic heterocycles. The minimum absolute atomic E-state index is 0.506. The zero-order valence-electron chi connectivity index (χ0n) is 12.4. The molecule has 1 N–H and O–H groups in total. The molecule has 0 aliphatic carbocycles. The van der Waals surface area contributed by atoms with E-state index in [1.807, 2.05) is 6.92 Å². The zero-order valence-corrected chi connectivity index (χ0v) is 12.4. The molecule has 1 saturated heterocycles. The van der Waals surface area contributed by atoms with Crippen LogP contribution in [0.15, 0.2) is 4.52 Å². The summed E-state index contributed by atoms with van der Waals surface area (Å²) in [6, 6.07) is 0.506. The Bertz CT molecular complexity index is 371. The molecule has 2 heterocycles. The first-order valence-corrected chi connectivity index (χ1v) is 7.45. The summed E-state index contributed by atoms with van der Waals surface area (Å²) in [5, 5.41) is 7.39. The molecule has 0 atom stereocenters. The monoisotopic (exact) mass is 266 g/mol. The number of aryl methyl sites for hydroxylation is 1. The quantitative estimate of drug-likeness (QED) is 0.851. The van der Waals surface area contributed by atoms with Gasteiger partial charge in [-0.25, -0.2) is 0 Å². The van der Waals surface area contributed by atoms with E-state index in [0.29, 0.717) is 6.04 Å². The van der Waals surface area contributed by atoms with Crippen molar-refractivity contribution in [1.29, 1.82) is 0 Å². The lowest BCUT2D eigenvalue weighted by molar-refractivity contribution is 0.144. The first-order chi connectivity index (χ1) is 9.19. The lowest BCUT2D eigenvalue weighted by Gasteiger charge is -2.31. The van der Waals surface area contributed by atoms with Crippen molar-refractivity contribution in [3.05, 3.63) is 11.7 Å². The van der Waals surface area contributed by atoms with Crippen LogP contribution in [0, 0.1) is 5.92 Å². The molecule has 19 heavy (non-hydrogen) atoms. The van der Waals surface area contributed by atoms with Crippen molar-refractivity contribution in [2.24, 2.45) is 5.92 Å². The molecular weight excluding hydrogens is 240 g/mol. The first-order valence-electron chi connectivity index (χ1n) is 7.45. The van der Waals surface area contributed by atoms with Crippen LogP contribution in [0.25, 0.3) is 0 Å². The Balaban J connectivity index is 1.91. The first kappa shape index (κ1) is 14.5. The molecule has 5 nitrogen and oxygen atoms in total. The number of aromatic nitrogens is 2. The molecule has 1 fully saturated rings. The highest BCUT2D eigenvalue weighted by molar-refractivity contribution is 4.87. The van der Waals surface area contributed by atoms with Crippen LogP contribution in [-0.2, 0) is 13.0 Å². The summed E-state index contributed by atoms with van der Waals surface area (Å²) in [5.74, 6) is 2.34. The van der Waals surface area contributed by atoms with E-state index >= 15 is 0 Å². The fourth-order valence-electron chi connectivity index (χ4n) is 2.53. The van der Waals surface area contributed by atoms with Gasteiger partial charge in [0, 0.05) is 19.0 Å². The van der Waals surface area contributed by atoms with E-state index < -0.39 is 0 Å². The van der Waals surface area contributed by atoms with Gasteiger partial charge in [0.1, 0.15) is 0 Å². The normalized spacial score (nSPS) is 17.5. The molecular formula is C14H26N4O. The van der Waals surface area contributed by atoms with Crippen molar-refractivity contribution in [1.82, 2.24) is 20.4 Å². The van der Waals surface area contributed by atoms with Gasteiger partial charge in [-0.2, -0.15) is 4.98 Å². The standard InChI is InChI=1S/C14H26N4O/c1-4-13-16-14(19-17-13)10-18(11(2)3)9-12-5-7-15-8-6-12/h11-12,15H,4-10H2,1-3H3. The van der Waals surface area contributed by atoms with E-state index in [0.717, 1.165) is 50.2 Å². The molecule has 0 bridgehead atoms. The molecule has 1 aliphatic rings. The summed E-state index contributed by atoms with van der Waals surface area (Å²) in [5.41, 5.74) is 0. The van der Waals surface area contributed by atoms with E-state index in [4.69, 9.17) is 4.52 Å². The minimum atomic E-state index is 0.506. The van der Waals surface area contributed by atoms with Crippen LogP contribution in [0.1, 0.15) is 45.3 Å². The molecule has 5 heteroatoms. The van der Waals surface area contributed by atoms with Crippen LogP contribution in [0.4, 0.5) is 0 Å². The summed E-state index contributed by atoms with van der Waals surface area (Å²) in [7, 11) is 0. The van der Waals surface area contributed by atoms with Crippen LogP contribution in [-0.4, -0.2) is 40.7 Å². The minimum Gasteiger partial charge on any atom is -0.338 e. The summed E-state index contributed by atoms with van der Waals surface area (Å²) in [4.78, 5) is 6.86. The highest BCUT2D eigenvalue weighted by Crippen LogP contribution is 2.17. The summed E-state index contributed by atoms with van der Waals surface area (Å²) in [6.07, 6.45) is 3.37. The van der Waals surface area contributed by atoms with E-state index in [1.165, 1.54) is 12.8 Å². The summed E-state index contributed by atoms with van der Waals surface area (Å²) in [6.45, 7) is 10.7. The highest BCUT2D eigenvalue weighted by atomic mass is 16.5. The van der Waals surface area contributed by atoms with Gasteiger partial charge in [-0.1, -0.05) is 12.1 Å². The van der Waals surface area contributed by atoms with Crippen LogP contribution in [0.2, 0.25) is 0 Å². The molecule has 0 radical (unpaired) electrons. The second-order valence-corrected chi connectivity index (χ2v) is 5.67. The maximum atomic E-state index is 5.31. The van der Waals surface area contributed by atoms with Gasteiger partial charge >= 0.3 is 0 Å². The number of piperidine rings is 1. The molecule has 0 unspecified atom stereocenters.